The predicted molar refractivity (Wildman–Crippen MR) is 81.9 cm³/mol. The molecule has 2 aliphatic rings. The molecule has 0 aliphatic carbocycles. The maximum absolute atomic E-state index is 9.55. The highest BCUT2D eigenvalue weighted by atomic mass is 16.5. The second-order valence-electron chi connectivity index (χ2n) is 6.04. The van der Waals surface area contributed by atoms with Crippen molar-refractivity contribution in [1.82, 2.24) is 5.32 Å². The summed E-state index contributed by atoms with van der Waals surface area (Å²) >= 11 is 0. The van der Waals surface area contributed by atoms with Crippen LogP contribution < -0.4 is 10.1 Å². The maximum atomic E-state index is 9.55. The minimum absolute atomic E-state index is 0.291. The Morgan fingerprint density at radius 1 is 1.27 bits per heavy atom. The lowest BCUT2D eigenvalue weighted by molar-refractivity contribution is 0.190. The molecule has 0 radical (unpaired) electrons. The maximum Gasteiger partial charge on any atom is 0.122 e. The number of hydrogen-bond acceptors (Lipinski definition) is 4. The summed E-state index contributed by atoms with van der Waals surface area (Å²) in [7, 11) is 0. The van der Waals surface area contributed by atoms with Crippen molar-refractivity contribution in [3.8, 4) is 11.8 Å². The smallest absolute Gasteiger partial charge is 0.122 e. The molecule has 2 aromatic rings. The van der Waals surface area contributed by atoms with Crippen molar-refractivity contribution in [2.24, 2.45) is 0 Å². The molecule has 4 heteroatoms. The Labute approximate surface area is 129 Å². The molecule has 1 aromatic carbocycles. The number of nitriles is 1. The molecule has 0 bridgehead atoms. The lowest BCUT2D eigenvalue weighted by Crippen LogP contribution is -2.46. The molecule has 0 amide bonds. The summed E-state index contributed by atoms with van der Waals surface area (Å²) in [6.07, 6.45) is 5.63. The van der Waals surface area contributed by atoms with Gasteiger partial charge in [0.25, 0.3) is 0 Å². The highest BCUT2D eigenvalue weighted by molar-refractivity contribution is 5.47. The van der Waals surface area contributed by atoms with Gasteiger partial charge in [0.05, 0.1) is 24.5 Å². The summed E-state index contributed by atoms with van der Waals surface area (Å²) in [5, 5.41) is 13.1. The molecule has 3 heterocycles. The van der Waals surface area contributed by atoms with Crippen LogP contribution in [0.1, 0.15) is 41.4 Å². The number of nitrogens with one attached hydrogen (secondary N) is 1. The average Bonchev–Trinajstić information content (AvgIpc) is 3.09. The number of ether oxygens (including phenoxy) is 1. The van der Waals surface area contributed by atoms with E-state index < -0.39 is 0 Å². The summed E-state index contributed by atoms with van der Waals surface area (Å²) in [6, 6.07) is 10.8. The van der Waals surface area contributed by atoms with Crippen molar-refractivity contribution in [3.05, 3.63) is 53.5 Å². The Morgan fingerprint density at radius 2 is 2.23 bits per heavy atom. The zero-order chi connectivity index (χ0) is 14.9. The fourth-order valence-electron chi connectivity index (χ4n) is 3.63. The van der Waals surface area contributed by atoms with Gasteiger partial charge in [0.1, 0.15) is 12.4 Å². The van der Waals surface area contributed by atoms with E-state index in [1.54, 1.807) is 12.5 Å². The van der Waals surface area contributed by atoms with E-state index in [-0.39, 0.29) is 5.92 Å². The van der Waals surface area contributed by atoms with E-state index in [1.165, 1.54) is 18.4 Å². The molecule has 4 nitrogen and oxygen atoms in total. The summed E-state index contributed by atoms with van der Waals surface area (Å²) < 4.78 is 11.0. The predicted octanol–water partition coefficient (Wildman–Crippen LogP) is 3.16. The number of piperidine rings is 1. The van der Waals surface area contributed by atoms with Crippen molar-refractivity contribution < 1.29 is 9.15 Å². The van der Waals surface area contributed by atoms with Gasteiger partial charge in [0.2, 0.25) is 0 Å². The average molecular weight is 294 g/mol. The SMILES string of the molecule is N#CC(c1ccoc1)c1ccc2c(c1)[C@@H]1CCCN[C@H]1CO2. The van der Waals surface area contributed by atoms with Gasteiger partial charge in [-0.3, -0.25) is 0 Å². The van der Waals surface area contributed by atoms with Gasteiger partial charge in [-0.25, -0.2) is 0 Å². The summed E-state index contributed by atoms with van der Waals surface area (Å²) in [4.78, 5) is 0. The van der Waals surface area contributed by atoms with Crippen LogP contribution in [-0.4, -0.2) is 19.2 Å². The zero-order valence-corrected chi connectivity index (χ0v) is 12.3. The van der Waals surface area contributed by atoms with Crippen molar-refractivity contribution >= 4 is 0 Å². The standard InChI is InChI=1S/C18H18N2O2/c19-9-16(13-5-7-21-10-13)12-3-4-18-15(8-12)14-2-1-6-20-17(14)11-22-18/h3-5,7-8,10,14,16-17,20H,1-2,6,11H2/t14-,16?,17-/m0/s1. The number of benzene rings is 1. The fraction of sp³-hybridized carbons (Fsp3) is 0.389. The van der Waals surface area contributed by atoms with Gasteiger partial charge in [-0.2, -0.15) is 5.26 Å². The van der Waals surface area contributed by atoms with E-state index in [4.69, 9.17) is 9.15 Å². The number of rotatable bonds is 2. The molecule has 1 saturated heterocycles. The minimum Gasteiger partial charge on any atom is -0.492 e. The third-order valence-corrected chi connectivity index (χ3v) is 4.77. The van der Waals surface area contributed by atoms with Crippen LogP contribution >= 0.6 is 0 Å². The van der Waals surface area contributed by atoms with Crippen LogP contribution in [0.25, 0.3) is 0 Å². The Hall–Kier alpha value is -2.25. The summed E-state index contributed by atoms with van der Waals surface area (Å²) in [6.45, 7) is 1.80. The van der Waals surface area contributed by atoms with Gasteiger partial charge >= 0.3 is 0 Å². The summed E-state index contributed by atoms with van der Waals surface area (Å²) in [5.74, 6) is 1.17. The van der Waals surface area contributed by atoms with Crippen molar-refractivity contribution in [2.45, 2.75) is 30.7 Å². The topological polar surface area (TPSA) is 58.2 Å². The van der Waals surface area contributed by atoms with Crippen molar-refractivity contribution in [3.63, 3.8) is 0 Å². The lowest BCUT2D eigenvalue weighted by atomic mass is 9.81. The van der Waals surface area contributed by atoms with E-state index in [9.17, 15) is 5.26 Å². The Kier molecular flexibility index (Phi) is 3.36. The Morgan fingerprint density at radius 3 is 3.05 bits per heavy atom. The Bertz CT molecular complexity index is 702. The second kappa shape index (κ2) is 5.51. The number of furan rings is 1. The second-order valence-corrected chi connectivity index (χ2v) is 6.04. The first-order valence-electron chi connectivity index (χ1n) is 7.78. The number of nitrogens with zero attached hydrogens (tertiary/aromatic N) is 1. The first-order valence-corrected chi connectivity index (χ1v) is 7.78. The molecule has 0 spiro atoms. The zero-order valence-electron chi connectivity index (χ0n) is 12.3. The molecule has 4 rings (SSSR count). The number of hydrogen-bond donors (Lipinski definition) is 1. The van der Waals surface area contributed by atoms with Crippen LogP contribution in [0.15, 0.2) is 41.2 Å². The Balaban J connectivity index is 1.73. The van der Waals surface area contributed by atoms with Gasteiger partial charge in [0, 0.05) is 17.5 Å². The van der Waals surface area contributed by atoms with Crippen molar-refractivity contribution in [1.29, 1.82) is 5.26 Å². The lowest BCUT2D eigenvalue weighted by Gasteiger charge is -2.38. The van der Waals surface area contributed by atoms with Crippen molar-refractivity contribution in [2.75, 3.05) is 13.2 Å². The molecule has 112 valence electrons. The molecule has 1 fully saturated rings. The highest BCUT2D eigenvalue weighted by Gasteiger charge is 2.33. The van der Waals surface area contributed by atoms with Gasteiger partial charge in [-0.15, -0.1) is 0 Å². The van der Waals surface area contributed by atoms with E-state index in [0.717, 1.165) is 30.0 Å². The minimum atomic E-state index is -0.291. The van der Waals surface area contributed by atoms with Gasteiger partial charge in [-0.1, -0.05) is 12.1 Å². The molecule has 1 N–H and O–H groups in total. The molecule has 2 aliphatic heterocycles. The van der Waals surface area contributed by atoms with Gasteiger partial charge in [-0.05, 0) is 42.6 Å². The monoisotopic (exact) mass is 294 g/mol. The van der Waals surface area contributed by atoms with E-state index in [0.29, 0.717) is 12.0 Å². The highest BCUT2D eigenvalue weighted by Crippen LogP contribution is 2.40. The van der Waals surface area contributed by atoms with Crippen LogP contribution in [0.4, 0.5) is 0 Å². The first-order chi connectivity index (χ1) is 10.9. The van der Waals surface area contributed by atoms with Crippen LogP contribution in [0.3, 0.4) is 0 Å². The molecule has 22 heavy (non-hydrogen) atoms. The van der Waals surface area contributed by atoms with Crippen LogP contribution in [0.5, 0.6) is 5.75 Å². The van der Waals surface area contributed by atoms with Gasteiger partial charge < -0.3 is 14.5 Å². The summed E-state index contributed by atoms with van der Waals surface area (Å²) in [5.41, 5.74) is 3.15. The first kappa shape index (κ1) is 13.4. The largest absolute Gasteiger partial charge is 0.492 e. The quantitative estimate of drug-likeness (QED) is 0.924. The number of fused-ring (bicyclic) bond motifs is 3. The van der Waals surface area contributed by atoms with Gasteiger partial charge in [0.15, 0.2) is 0 Å². The molecule has 3 atom stereocenters. The van der Waals surface area contributed by atoms with Crippen LogP contribution in [-0.2, 0) is 0 Å². The third kappa shape index (κ3) is 2.18. The molecular formula is C18H18N2O2. The molecule has 1 aromatic heterocycles. The van der Waals surface area contributed by atoms with E-state index in [2.05, 4.69) is 17.5 Å². The van der Waals surface area contributed by atoms with Crippen LogP contribution in [0, 0.1) is 11.3 Å². The normalized spacial score (nSPS) is 24.5. The molecule has 0 saturated carbocycles. The van der Waals surface area contributed by atoms with Crippen LogP contribution in [0.2, 0.25) is 0 Å². The van der Waals surface area contributed by atoms with E-state index in [1.807, 2.05) is 18.2 Å². The molecule has 1 unspecified atom stereocenters. The van der Waals surface area contributed by atoms with E-state index >= 15 is 0 Å². The fourth-order valence-corrected chi connectivity index (χ4v) is 3.63. The molecular weight excluding hydrogens is 276 g/mol. The third-order valence-electron chi connectivity index (χ3n) is 4.77.